The zero-order chi connectivity index (χ0) is 32.6. The van der Waals surface area contributed by atoms with E-state index in [0.717, 1.165) is 15.4 Å². The molecule has 0 aliphatic rings. The van der Waals surface area contributed by atoms with E-state index in [1.54, 1.807) is 42.5 Å². The lowest BCUT2D eigenvalue weighted by Crippen LogP contribution is -2.54. The number of halogens is 2. The van der Waals surface area contributed by atoms with Gasteiger partial charge < -0.3 is 10.2 Å². The molecule has 0 heterocycles. The molecule has 0 bridgehead atoms. The van der Waals surface area contributed by atoms with Gasteiger partial charge in [0.15, 0.2) is 0 Å². The van der Waals surface area contributed by atoms with Gasteiger partial charge in [0.25, 0.3) is 10.0 Å². The van der Waals surface area contributed by atoms with Gasteiger partial charge in [0.1, 0.15) is 18.4 Å². The molecule has 236 valence electrons. The Hall–Kier alpha value is -4.21. The zero-order valence-electron chi connectivity index (χ0n) is 25.5. The van der Waals surface area contributed by atoms with E-state index in [1.807, 2.05) is 51.1 Å². The summed E-state index contributed by atoms with van der Waals surface area (Å²) < 4.78 is 44.1. The fraction of sp³-hybridized carbons (Fsp3) is 0.257. The maximum atomic E-state index is 15.0. The SMILES string of the molecule is CC[C@@H](C)NC(=O)[C@@H](Cc1ccccc1)N(Cc1ccccc1F)C(=O)CN(c1ccc(C)cc1)S(=O)(=O)c1ccc(Cl)cc1. The molecule has 0 unspecified atom stereocenters. The van der Waals surface area contributed by atoms with Crippen molar-refractivity contribution in [2.75, 3.05) is 10.8 Å². The van der Waals surface area contributed by atoms with Crippen LogP contribution in [0.25, 0.3) is 0 Å². The van der Waals surface area contributed by atoms with Crippen LogP contribution in [0.5, 0.6) is 0 Å². The number of nitrogens with one attached hydrogen (secondary N) is 1. The van der Waals surface area contributed by atoms with Crippen LogP contribution in [0, 0.1) is 12.7 Å². The average molecular weight is 650 g/mol. The first-order valence-electron chi connectivity index (χ1n) is 14.7. The normalized spacial score (nSPS) is 12.6. The summed E-state index contributed by atoms with van der Waals surface area (Å²) >= 11 is 6.03. The molecule has 2 amide bonds. The lowest BCUT2D eigenvalue weighted by atomic mass is 10.0. The number of sulfonamides is 1. The molecule has 1 N–H and O–H groups in total. The third-order valence-corrected chi connectivity index (χ3v) is 9.61. The van der Waals surface area contributed by atoms with E-state index in [9.17, 15) is 18.0 Å². The molecule has 0 aliphatic heterocycles. The van der Waals surface area contributed by atoms with E-state index in [2.05, 4.69) is 5.32 Å². The molecular weight excluding hydrogens is 613 g/mol. The van der Waals surface area contributed by atoms with Gasteiger partial charge in [-0.1, -0.05) is 84.8 Å². The predicted octanol–water partition coefficient (Wildman–Crippen LogP) is 6.54. The van der Waals surface area contributed by atoms with Gasteiger partial charge in [0.2, 0.25) is 11.8 Å². The monoisotopic (exact) mass is 649 g/mol. The lowest BCUT2D eigenvalue weighted by Gasteiger charge is -2.34. The number of anilines is 1. The van der Waals surface area contributed by atoms with Gasteiger partial charge in [-0.15, -0.1) is 0 Å². The molecule has 0 aliphatic carbocycles. The summed E-state index contributed by atoms with van der Waals surface area (Å²) in [4.78, 5) is 29.5. The molecule has 4 aromatic rings. The van der Waals surface area contributed by atoms with E-state index in [0.29, 0.717) is 11.4 Å². The molecule has 0 saturated heterocycles. The van der Waals surface area contributed by atoms with Crippen LogP contribution < -0.4 is 9.62 Å². The number of amides is 2. The highest BCUT2D eigenvalue weighted by atomic mass is 35.5. The first-order chi connectivity index (χ1) is 21.5. The Balaban J connectivity index is 1.81. The Morgan fingerprint density at radius 1 is 0.889 bits per heavy atom. The van der Waals surface area contributed by atoms with Crippen molar-refractivity contribution in [3.8, 4) is 0 Å². The minimum absolute atomic E-state index is 0.0590. The largest absolute Gasteiger partial charge is 0.352 e. The van der Waals surface area contributed by atoms with E-state index >= 15 is 4.39 Å². The second kappa shape index (κ2) is 15.2. The smallest absolute Gasteiger partial charge is 0.264 e. The Labute approximate surface area is 269 Å². The highest BCUT2D eigenvalue weighted by Gasteiger charge is 2.35. The molecule has 0 saturated carbocycles. The van der Waals surface area contributed by atoms with Gasteiger partial charge in [-0.05, 0) is 68.3 Å². The van der Waals surface area contributed by atoms with Crippen LogP contribution in [0.2, 0.25) is 5.02 Å². The molecule has 4 rings (SSSR count). The third kappa shape index (κ3) is 8.71. The van der Waals surface area contributed by atoms with E-state index in [1.165, 1.54) is 35.2 Å². The fourth-order valence-corrected chi connectivity index (χ4v) is 6.32. The number of aryl methyl sites for hydroxylation is 1. The summed E-state index contributed by atoms with van der Waals surface area (Å²) in [6.45, 7) is 4.77. The summed E-state index contributed by atoms with van der Waals surface area (Å²) in [5.74, 6) is -1.63. The highest BCUT2D eigenvalue weighted by molar-refractivity contribution is 7.92. The second-order valence-electron chi connectivity index (χ2n) is 10.9. The first-order valence-corrected chi connectivity index (χ1v) is 16.5. The molecule has 0 fully saturated rings. The molecular formula is C35H37ClFN3O4S. The van der Waals surface area contributed by atoms with E-state index < -0.39 is 40.2 Å². The van der Waals surface area contributed by atoms with Crippen molar-refractivity contribution in [2.45, 2.75) is 57.1 Å². The van der Waals surface area contributed by atoms with Crippen LogP contribution in [-0.2, 0) is 32.6 Å². The number of hydrogen-bond acceptors (Lipinski definition) is 4. The molecule has 10 heteroatoms. The predicted molar refractivity (Wildman–Crippen MR) is 176 cm³/mol. The van der Waals surface area contributed by atoms with Gasteiger partial charge in [-0.3, -0.25) is 13.9 Å². The zero-order valence-corrected chi connectivity index (χ0v) is 27.1. The molecule has 45 heavy (non-hydrogen) atoms. The van der Waals surface area contributed by atoms with Gasteiger partial charge >= 0.3 is 0 Å². The molecule has 4 aromatic carbocycles. The number of benzene rings is 4. The summed E-state index contributed by atoms with van der Waals surface area (Å²) in [5, 5.41) is 3.33. The maximum Gasteiger partial charge on any atom is 0.264 e. The highest BCUT2D eigenvalue weighted by Crippen LogP contribution is 2.26. The number of rotatable bonds is 13. The topological polar surface area (TPSA) is 86.8 Å². The summed E-state index contributed by atoms with van der Waals surface area (Å²) in [6, 6.07) is 26.4. The molecule has 0 spiro atoms. The van der Waals surface area contributed by atoms with Crippen molar-refractivity contribution in [1.29, 1.82) is 0 Å². The Morgan fingerprint density at radius 2 is 1.51 bits per heavy atom. The minimum atomic E-state index is -4.27. The quantitative estimate of drug-likeness (QED) is 0.178. The first kappa shape index (κ1) is 33.7. The van der Waals surface area contributed by atoms with Crippen LogP contribution in [-0.4, -0.2) is 43.8 Å². The van der Waals surface area contributed by atoms with Crippen LogP contribution in [0.15, 0.2) is 108 Å². The number of carbonyl (C=O) groups is 2. The van der Waals surface area contributed by atoms with Crippen molar-refractivity contribution < 1.29 is 22.4 Å². The van der Waals surface area contributed by atoms with Crippen molar-refractivity contribution in [2.24, 2.45) is 0 Å². The second-order valence-corrected chi connectivity index (χ2v) is 13.2. The number of carbonyl (C=O) groups excluding carboxylic acids is 2. The van der Waals surface area contributed by atoms with Gasteiger partial charge in [-0.25, -0.2) is 12.8 Å². The number of nitrogens with zero attached hydrogens (tertiary/aromatic N) is 2. The van der Waals surface area contributed by atoms with Gasteiger partial charge in [0.05, 0.1) is 10.6 Å². The van der Waals surface area contributed by atoms with Crippen molar-refractivity contribution in [3.63, 3.8) is 0 Å². The average Bonchev–Trinajstić information content (AvgIpc) is 3.03. The van der Waals surface area contributed by atoms with Crippen LogP contribution in [0.4, 0.5) is 10.1 Å². The fourth-order valence-electron chi connectivity index (χ4n) is 4.78. The summed E-state index contributed by atoms with van der Waals surface area (Å²) in [7, 11) is -4.27. The van der Waals surface area contributed by atoms with E-state index in [4.69, 9.17) is 11.6 Å². The van der Waals surface area contributed by atoms with Gasteiger partial charge in [-0.2, -0.15) is 0 Å². The van der Waals surface area contributed by atoms with Crippen molar-refractivity contribution in [1.82, 2.24) is 10.2 Å². The molecule has 7 nitrogen and oxygen atoms in total. The third-order valence-electron chi connectivity index (χ3n) is 7.57. The van der Waals surface area contributed by atoms with Crippen molar-refractivity contribution >= 4 is 39.1 Å². The minimum Gasteiger partial charge on any atom is -0.352 e. The van der Waals surface area contributed by atoms with Crippen LogP contribution >= 0.6 is 11.6 Å². The molecule has 0 radical (unpaired) electrons. The van der Waals surface area contributed by atoms with E-state index in [-0.39, 0.29) is 35.2 Å². The van der Waals surface area contributed by atoms with Gasteiger partial charge in [0, 0.05) is 29.6 Å². The molecule has 0 aromatic heterocycles. The van der Waals surface area contributed by atoms with Crippen LogP contribution in [0.1, 0.15) is 37.0 Å². The Kier molecular flexibility index (Phi) is 11.4. The lowest BCUT2D eigenvalue weighted by molar-refractivity contribution is -0.140. The van der Waals surface area contributed by atoms with Crippen molar-refractivity contribution in [3.05, 3.63) is 131 Å². The molecule has 2 atom stereocenters. The number of hydrogen-bond donors (Lipinski definition) is 1. The standard InChI is InChI=1S/C35H37ClFN3O4S/c1-4-26(3)38-35(42)33(22-27-10-6-5-7-11-27)39(23-28-12-8-9-13-32(28)37)34(41)24-40(30-18-14-25(2)15-19-30)45(43,44)31-20-16-29(36)17-21-31/h5-21,26,33H,4,22-24H2,1-3H3,(H,38,42)/t26-,33-/m1/s1. The Morgan fingerprint density at radius 3 is 2.13 bits per heavy atom. The maximum absolute atomic E-state index is 15.0. The summed E-state index contributed by atoms with van der Waals surface area (Å²) in [6.07, 6.45) is 0.795. The summed E-state index contributed by atoms with van der Waals surface area (Å²) in [5.41, 5.74) is 2.15. The Bertz CT molecular complexity index is 1700. The van der Waals surface area contributed by atoms with Crippen LogP contribution in [0.3, 0.4) is 0 Å².